The molecule has 0 aromatic carbocycles. The van der Waals surface area contributed by atoms with Crippen LogP contribution in [0.5, 0.6) is 0 Å². The summed E-state index contributed by atoms with van der Waals surface area (Å²) >= 11 is 0. The zero-order chi connectivity index (χ0) is 9.57. The summed E-state index contributed by atoms with van der Waals surface area (Å²) in [7, 11) is 0. The lowest BCUT2D eigenvalue weighted by Gasteiger charge is -2.24. The molecule has 1 heterocycles. The van der Waals surface area contributed by atoms with Crippen molar-refractivity contribution >= 4 is 5.78 Å². The first-order valence-electron chi connectivity index (χ1n) is 4.18. The standard InChI is InChI=1S/C9H16O3/c1-6(10)7-5-9(4,11)12-8(7,2)3/h7,11H,5H2,1-4H3. The molecule has 1 saturated heterocycles. The second kappa shape index (κ2) is 2.54. The van der Waals surface area contributed by atoms with Crippen LogP contribution in [-0.4, -0.2) is 22.3 Å². The minimum Gasteiger partial charge on any atom is -0.366 e. The minimum atomic E-state index is -1.14. The molecule has 2 unspecified atom stereocenters. The highest BCUT2D eigenvalue weighted by molar-refractivity contribution is 5.79. The van der Waals surface area contributed by atoms with E-state index in [1.54, 1.807) is 6.92 Å². The van der Waals surface area contributed by atoms with Gasteiger partial charge in [-0.1, -0.05) is 0 Å². The van der Waals surface area contributed by atoms with Crippen molar-refractivity contribution in [2.24, 2.45) is 5.92 Å². The summed E-state index contributed by atoms with van der Waals surface area (Å²) in [5, 5.41) is 9.57. The van der Waals surface area contributed by atoms with Gasteiger partial charge in [0.2, 0.25) is 0 Å². The summed E-state index contributed by atoms with van der Waals surface area (Å²) in [6.45, 7) is 6.80. The third kappa shape index (κ3) is 1.67. The topological polar surface area (TPSA) is 46.5 Å². The van der Waals surface area contributed by atoms with Gasteiger partial charge in [0, 0.05) is 6.42 Å². The molecular formula is C9H16O3. The lowest BCUT2D eigenvalue weighted by molar-refractivity contribution is -0.203. The fourth-order valence-corrected chi connectivity index (χ4v) is 1.94. The van der Waals surface area contributed by atoms with Crippen LogP contribution in [0.25, 0.3) is 0 Å². The minimum absolute atomic E-state index is 0.0813. The largest absolute Gasteiger partial charge is 0.366 e. The molecule has 1 N–H and O–H groups in total. The average Bonchev–Trinajstić information content (AvgIpc) is 1.99. The monoisotopic (exact) mass is 172 g/mol. The molecule has 3 heteroatoms. The van der Waals surface area contributed by atoms with E-state index in [0.717, 1.165) is 0 Å². The molecule has 3 nitrogen and oxygen atoms in total. The molecular weight excluding hydrogens is 156 g/mol. The van der Waals surface area contributed by atoms with Crippen molar-refractivity contribution < 1.29 is 14.6 Å². The van der Waals surface area contributed by atoms with E-state index in [4.69, 9.17) is 4.74 Å². The molecule has 0 aliphatic carbocycles. The van der Waals surface area contributed by atoms with Crippen molar-refractivity contribution in [1.82, 2.24) is 0 Å². The quantitative estimate of drug-likeness (QED) is 0.644. The second-order valence-electron chi connectivity index (χ2n) is 4.25. The zero-order valence-electron chi connectivity index (χ0n) is 8.05. The molecule has 0 bridgehead atoms. The van der Waals surface area contributed by atoms with E-state index in [0.29, 0.717) is 6.42 Å². The Morgan fingerprint density at radius 3 is 2.17 bits per heavy atom. The molecule has 1 fully saturated rings. The highest BCUT2D eigenvalue weighted by atomic mass is 16.6. The smallest absolute Gasteiger partial charge is 0.164 e. The van der Waals surface area contributed by atoms with Crippen molar-refractivity contribution in [1.29, 1.82) is 0 Å². The van der Waals surface area contributed by atoms with Crippen LogP contribution in [0.3, 0.4) is 0 Å². The number of rotatable bonds is 1. The Morgan fingerprint density at radius 2 is 2.00 bits per heavy atom. The van der Waals surface area contributed by atoms with Gasteiger partial charge in [-0.15, -0.1) is 0 Å². The van der Waals surface area contributed by atoms with Crippen molar-refractivity contribution in [2.45, 2.75) is 45.5 Å². The maximum atomic E-state index is 11.2. The Balaban J connectivity index is 2.85. The first-order valence-corrected chi connectivity index (χ1v) is 4.18. The van der Waals surface area contributed by atoms with Gasteiger partial charge in [0.05, 0.1) is 11.5 Å². The van der Waals surface area contributed by atoms with Crippen LogP contribution in [0, 0.1) is 5.92 Å². The number of hydrogen-bond donors (Lipinski definition) is 1. The van der Waals surface area contributed by atoms with E-state index in [1.807, 2.05) is 13.8 Å². The highest BCUT2D eigenvalue weighted by Crippen LogP contribution is 2.40. The summed E-state index contributed by atoms with van der Waals surface area (Å²) in [6.07, 6.45) is 0.398. The number of hydrogen-bond acceptors (Lipinski definition) is 3. The van der Waals surface area contributed by atoms with E-state index >= 15 is 0 Å². The molecule has 0 amide bonds. The predicted octanol–water partition coefficient (Wildman–Crippen LogP) is 1.10. The number of ketones is 1. The Bertz CT molecular complexity index is 206. The average molecular weight is 172 g/mol. The SMILES string of the molecule is CC(=O)C1CC(C)(O)OC1(C)C. The fraction of sp³-hybridized carbons (Fsp3) is 0.889. The van der Waals surface area contributed by atoms with Crippen LogP contribution in [0.1, 0.15) is 34.1 Å². The van der Waals surface area contributed by atoms with Crippen molar-refractivity contribution in [3.05, 3.63) is 0 Å². The van der Waals surface area contributed by atoms with E-state index in [2.05, 4.69) is 0 Å². The molecule has 1 rings (SSSR count). The van der Waals surface area contributed by atoms with Gasteiger partial charge in [-0.2, -0.15) is 0 Å². The van der Waals surface area contributed by atoms with Gasteiger partial charge in [-0.25, -0.2) is 0 Å². The third-order valence-corrected chi connectivity index (χ3v) is 2.40. The lowest BCUT2D eigenvalue weighted by atomic mass is 9.86. The van der Waals surface area contributed by atoms with E-state index in [1.165, 1.54) is 6.92 Å². The first kappa shape index (κ1) is 9.68. The van der Waals surface area contributed by atoms with E-state index in [-0.39, 0.29) is 11.7 Å². The molecule has 1 aliphatic rings. The number of carbonyl (C=O) groups excluding carboxylic acids is 1. The normalized spacial score (nSPS) is 39.9. The molecule has 0 saturated carbocycles. The zero-order valence-corrected chi connectivity index (χ0v) is 8.05. The number of ether oxygens (including phenoxy) is 1. The van der Waals surface area contributed by atoms with E-state index < -0.39 is 11.4 Å². The summed E-state index contributed by atoms with van der Waals surface area (Å²) in [5.41, 5.74) is -0.532. The fourth-order valence-electron chi connectivity index (χ4n) is 1.94. The van der Waals surface area contributed by atoms with Crippen LogP contribution >= 0.6 is 0 Å². The summed E-state index contributed by atoms with van der Waals surface area (Å²) < 4.78 is 5.34. The number of Topliss-reactive ketones (excluding diaryl/α,β-unsaturated/α-hetero) is 1. The van der Waals surface area contributed by atoms with Crippen molar-refractivity contribution in [3.8, 4) is 0 Å². The molecule has 70 valence electrons. The van der Waals surface area contributed by atoms with E-state index in [9.17, 15) is 9.90 Å². The van der Waals surface area contributed by atoms with Gasteiger partial charge < -0.3 is 9.84 Å². The summed E-state index contributed by atoms with van der Waals surface area (Å²) in [5.74, 6) is -1.25. The third-order valence-electron chi connectivity index (χ3n) is 2.40. The molecule has 0 radical (unpaired) electrons. The number of carbonyl (C=O) groups is 1. The molecule has 0 aromatic heterocycles. The van der Waals surface area contributed by atoms with Crippen LogP contribution in [0.2, 0.25) is 0 Å². The second-order valence-corrected chi connectivity index (χ2v) is 4.25. The van der Waals surface area contributed by atoms with Crippen molar-refractivity contribution in [3.63, 3.8) is 0 Å². The molecule has 12 heavy (non-hydrogen) atoms. The predicted molar refractivity (Wildman–Crippen MR) is 44.6 cm³/mol. The van der Waals surface area contributed by atoms with Crippen LogP contribution in [-0.2, 0) is 9.53 Å². The van der Waals surface area contributed by atoms with Gasteiger partial charge in [0.1, 0.15) is 5.78 Å². The summed E-state index contributed by atoms with van der Waals surface area (Å²) in [6, 6.07) is 0. The van der Waals surface area contributed by atoms with Gasteiger partial charge in [0.25, 0.3) is 0 Å². The maximum absolute atomic E-state index is 11.2. The Hall–Kier alpha value is -0.410. The van der Waals surface area contributed by atoms with Crippen LogP contribution in [0.4, 0.5) is 0 Å². The number of aliphatic hydroxyl groups is 1. The van der Waals surface area contributed by atoms with Gasteiger partial charge >= 0.3 is 0 Å². The van der Waals surface area contributed by atoms with Crippen LogP contribution in [0.15, 0.2) is 0 Å². The molecule has 0 aromatic rings. The van der Waals surface area contributed by atoms with Gasteiger partial charge in [-0.3, -0.25) is 4.79 Å². The Kier molecular flexibility index (Phi) is 2.05. The maximum Gasteiger partial charge on any atom is 0.164 e. The lowest BCUT2D eigenvalue weighted by Crippen LogP contribution is -2.33. The van der Waals surface area contributed by atoms with Crippen LogP contribution < -0.4 is 0 Å². The van der Waals surface area contributed by atoms with Gasteiger partial charge in [-0.05, 0) is 27.7 Å². The molecule has 0 spiro atoms. The Labute approximate surface area is 72.7 Å². The summed E-state index contributed by atoms with van der Waals surface area (Å²) in [4.78, 5) is 11.2. The molecule has 1 aliphatic heterocycles. The first-order chi connectivity index (χ1) is 5.25. The van der Waals surface area contributed by atoms with Crippen molar-refractivity contribution in [2.75, 3.05) is 0 Å². The van der Waals surface area contributed by atoms with Gasteiger partial charge in [0.15, 0.2) is 5.79 Å². The highest BCUT2D eigenvalue weighted by Gasteiger charge is 2.49. The Morgan fingerprint density at radius 1 is 1.50 bits per heavy atom. The molecule has 2 atom stereocenters.